The Balaban J connectivity index is 1.11. The van der Waals surface area contributed by atoms with E-state index in [9.17, 15) is 10.6 Å². The highest BCUT2D eigenvalue weighted by Gasteiger charge is 2.57. The van der Waals surface area contributed by atoms with Crippen LogP contribution in [0.5, 0.6) is 0 Å². The largest absolute Gasteiger partial charge is 0.387 e. The first-order valence-corrected chi connectivity index (χ1v) is 25.2. The first-order chi connectivity index (χ1) is 36.6. The van der Waals surface area contributed by atoms with Crippen LogP contribution >= 0.6 is 0 Å². The third-order valence-electron chi connectivity index (χ3n) is 13.2. The first kappa shape index (κ1) is 52.3. The van der Waals surface area contributed by atoms with Crippen molar-refractivity contribution in [2.24, 2.45) is 5.11 Å². The summed E-state index contributed by atoms with van der Waals surface area (Å²) in [4.78, 5) is 3.36. The maximum absolute atomic E-state index is 13.1. The topological polar surface area (TPSA) is 152 Å². The molecule has 9 rings (SSSR count). The van der Waals surface area contributed by atoms with Crippen molar-refractivity contribution in [2.75, 3.05) is 6.61 Å². The van der Waals surface area contributed by atoms with Gasteiger partial charge in [0.05, 0.1) is 52.9 Å². The van der Waals surface area contributed by atoms with Gasteiger partial charge in [0, 0.05) is 4.91 Å². The Morgan fingerprint density at radius 1 is 0.378 bits per heavy atom. The minimum Gasteiger partial charge on any atom is -0.387 e. The van der Waals surface area contributed by atoms with Crippen molar-refractivity contribution in [3.63, 3.8) is 0 Å². The van der Waals surface area contributed by atoms with Crippen LogP contribution in [-0.4, -0.2) is 79.0 Å². The molecule has 1 saturated heterocycles. The third-order valence-corrected chi connectivity index (χ3v) is 13.2. The van der Waals surface area contributed by atoms with Gasteiger partial charge in [0.1, 0.15) is 61.0 Å². The van der Waals surface area contributed by atoms with Crippen LogP contribution in [0.1, 0.15) is 38.9 Å². The van der Waals surface area contributed by atoms with Gasteiger partial charge in [-0.25, -0.2) is 0 Å². The van der Waals surface area contributed by atoms with Gasteiger partial charge in [0.25, 0.3) is 0 Å². The summed E-state index contributed by atoms with van der Waals surface area (Å²) in [7, 11) is 0. The van der Waals surface area contributed by atoms with Gasteiger partial charge < -0.3 is 47.7 Å². The van der Waals surface area contributed by atoms with E-state index in [-0.39, 0.29) is 52.9 Å². The third kappa shape index (κ3) is 14.6. The fourth-order valence-electron chi connectivity index (χ4n) is 9.39. The molecule has 0 unspecified atom stereocenters. The van der Waals surface area contributed by atoms with Crippen LogP contribution in [-0.2, 0) is 88.9 Å². The zero-order valence-electron chi connectivity index (χ0n) is 41.2. The lowest BCUT2D eigenvalue weighted by atomic mass is 9.83. The summed E-state index contributed by atoms with van der Waals surface area (Å²) in [5.74, 6) is 0. The van der Waals surface area contributed by atoms with Crippen molar-refractivity contribution in [1.82, 2.24) is 0 Å². The van der Waals surface area contributed by atoms with Gasteiger partial charge >= 0.3 is 0 Å². The Bertz CT molecular complexity index is 2710. The molecule has 2 aliphatic rings. The van der Waals surface area contributed by atoms with Gasteiger partial charge in [0.15, 0.2) is 6.29 Å². The second-order valence-electron chi connectivity index (χ2n) is 18.4. The van der Waals surface area contributed by atoms with Gasteiger partial charge in [-0.1, -0.05) is 217 Å². The highest BCUT2D eigenvalue weighted by atomic mass is 16.7. The number of benzene rings is 7. The summed E-state index contributed by atoms with van der Waals surface area (Å²) >= 11 is 0. The van der Waals surface area contributed by atoms with Gasteiger partial charge in [-0.3, -0.25) is 0 Å². The minimum absolute atomic E-state index is 0.0462. The summed E-state index contributed by atoms with van der Waals surface area (Å²) in [6.45, 7) is 1.31. The molecule has 11 atom stereocenters. The molecule has 0 spiro atoms. The number of hydrogen-bond acceptors (Lipinski definition) is 11. The number of azide groups is 1. The van der Waals surface area contributed by atoms with Gasteiger partial charge in [0.2, 0.25) is 0 Å². The molecule has 7 aromatic carbocycles. The van der Waals surface area contributed by atoms with E-state index in [0.717, 1.165) is 38.9 Å². The van der Waals surface area contributed by atoms with Gasteiger partial charge in [-0.05, 0) is 44.5 Å². The maximum atomic E-state index is 13.1. The molecule has 1 N–H and O–H groups in total. The maximum Gasteiger partial charge on any atom is 0.169 e. The van der Waals surface area contributed by atoms with Crippen LogP contribution in [0.3, 0.4) is 0 Å². The van der Waals surface area contributed by atoms with E-state index in [4.69, 9.17) is 42.6 Å². The molecule has 2 fully saturated rings. The van der Waals surface area contributed by atoms with E-state index in [1.54, 1.807) is 0 Å². The van der Waals surface area contributed by atoms with Crippen LogP contribution in [0, 0.1) is 0 Å². The number of rotatable bonds is 25. The van der Waals surface area contributed by atoms with Crippen LogP contribution in [0.15, 0.2) is 217 Å². The zero-order chi connectivity index (χ0) is 50.6. The number of nitrogens with zero attached hydrogens (tertiary/aromatic N) is 3. The van der Waals surface area contributed by atoms with Crippen molar-refractivity contribution in [3.8, 4) is 0 Å². The molecular formula is C61H63N3O10. The van der Waals surface area contributed by atoms with Gasteiger partial charge in [-0.15, -0.1) is 0 Å². The average Bonchev–Trinajstić information content (AvgIpc) is 3.46. The van der Waals surface area contributed by atoms with E-state index < -0.39 is 67.3 Å². The number of aliphatic hydroxyl groups is 1. The Morgan fingerprint density at radius 3 is 1.04 bits per heavy atom. The quantitative estimate of drug-likeness (QED) is 0.0333. The van der Waals surface area contributed by atoms with Crippen molar-refractivity contribution in [3.05, 3.63) is 262 Å². The molecule has 0 radical (unpaired) electrons. The average molecular weight is 998 g/mol. The SMILES string of the molecule is [N-]=[N+]=N[C@H]1[C@H](O[C@@H]2[C@@H](O)[C@H](OCc3ccccc3)[C@@H](OCc3ccccc3)[C@@H](OCc3ccccc3)[C@@H]2OCc2ccccc2)O[C@H](COCc2ccccc2)[C@@H](OCc2ccccc2)[C@@H]1OCc1ccccc1. The number of aliphatic hydroxyl groups excluding tert-OH is 1. The summed E-state index contributed by atoms with van der Waals surface area (Å²) in [5, 5.41) is 17.5. The Kier molecular flexibility index (Phi) is 19.6. The number of ether oxygens (including phenoxy) is 9. The second-order valence-corrected chi connectivity index (χ2v) is 18.4. The zero-order valence-corrected chi connectivity index (χ0v) is 41.2. The minimum atomic E-state index is -1.42. The monoisotopic (exact) mass is 997 g/mol. The summed E-state index contributed by atoms with van der Waals surface area (Å²) < 4.78 is 62.0. The normalized spacial score (nSPS) is 24.7. The van der Waals surface area contributed by atoms with Crippen molar-refractivity contribution in [2.45, 2.75) is 114 Å². The fourth-order valence-corrected chi connectivity index (χ4v) is 9.39. The molecule has 0 aromatic heterocycles. The molecule has 0 amide bonds. The lowest BCUT2D eigenvalue weighted by Crippen LogP contribution is -2.69. The number of hydrogen-bond donors (Lipinski definition) is 1. The van der Waals surface area contributed by atoms with Crippen molar-refractivity contribution < 1.29 is 47.7 Å². The molecule has 1 aliphatic carbocycles. The standard InChI is InChI=1S/C61H63N3O10/c62-64-63-52-55(68-38-46-26-12-3-13-27-46)54(67-37-45-24-10-2-11-25-45)51(43-66-36-44-22-8-1-9-23-44)73-61(52)74-57-53(65)56(69-39-47-28-14-4-15-29-47)58(70-40-48-30-16-5-17-31-48)60(72-42-50-34-20-7-21-35-50)59(57)71-41-49-32-18-6-19-33-49/h1-35,51-61,65H,36-43H2/t51-,52-,53+,54-,55-,56+,57-,58-,59-,60-,61+/m1/s1. The van der Waals surface area contributed by atoms with Crippen LogP contribution in [0.4, 0.5) is 0 Å². The predicted octanol–water partition coefficient (Wildman–Crippen LogP) is 10.9. The van der Waals surface area contributed by atoms with E-state index in [0.29, 0.717) is 0 Å². The summed E-state index contributed by atoms with van der Waals surface area (Å²) in [6.07, 6.45) is -10.5. The molecule has 0 bridgehead atoms. The van der Waals surface area contributed by atoms with Crippen LogP contribution < -0.4 is 0 Å². The molecule has 1 saturated carbocycles. The molecule has 1 aliphatic heterocycles. The van der Waals surface area contributed by atoms with E-state index in [1.807, 2.05) is 212 Å². The summed E-state index contributed by atoms with van der Waals surface area (Å²) in [6, 6.07) is 67.4. The smallest absolute Gasteiger partial charge is 0.169 e. The fraction of sp³-hybridized carbons (Fsp3) is 0.311. The molecule has 13 nitrogen and oxygen atoms in total. The summed E-state index contributed by atoms with van der Waals surface area (Å²) in [5.41, 5.74) is 16.8. The molecule has 1 heterocycles. The lowest BCUT2D eigenvalue weighted by molar-refractivity contribution is -0.338. The second kappa shape index (κ2) is 27.7. The van der Waals surface area contributed by atoms with E-state index in [1.165, 1.54) is 0 Å². The van der Waals surface area contributed by atoms with Crippen LogP contribution in [0.2, 0.25) is 0 Å². The van der Waals surface area contributed by atoms with Crippen molar-refractivity contribution in [1.29, 1.82) is 0 Å². The molecule has 13 heteroatoms. The van der Waals surface area contributed by atoms with E-state index in [2.05, 4.69) is 10.0 Å². The lowest BCUT2D eigenvalue weighted by Gasteiger charge is -2.51. The molecule has 74 heavy (non-hydrogen) atoms. The van der Waals surface area contributed by atoms with Crippen molar-refractivity contribution >= 4 is 0 Å². The van der Waals surface area contributed by atoms with Crippen LogP contribution in [0.25, 0.3) is 10.4 Å². The molecular weight excluding hydrogens is 935 g/mol. The molecule has 7 aromatic rings. The predicted molar refractivity (Wildman–Crippen MR) is 279 cm³/mol. The Hall–Kier alpha value is -6.55. The van der Waals surface area contributed by atoms with Gasteiger partial charge in [-0.2, -0.15) is 0 Å². The Labute approximate surface area is 433 Å². The first-order valence-electron chi connectivity index (χ1n) is 25.2. The van der Waals surface area contributed by atoms with E-state index >= 15 is 0 Å². The molecule has 382 valence electrons. The highest BCUT2D eigenvalue weighted by molar-refractivity contribution is 5.20. The highest BCUT2D eigenvalue weighted by Crippen LogP contribution is 2.38. The Morgan fingerprint density at radius 2 is 0.676 bits per heavy atom.